The van der Waals surface area contributed by atoms with Crippen LogP contribution < -0.4 is 4.90 Å². The Morgan fingerprint density at radius 3 is 2.54 bits per heavy atom. The molecule has 0 amide bonds. The van der Waals surface area contributed by atoms with Gasteiger partial charge in [-0.3, -0.25) is 4.79 Å². The predicted octanol–water partition coefficient (Wildman–Crippen LogP) is 3.12. The van der Waals surface area contributed by atoms with Gasteiger partial charge >= 0.3 is 5.97 Å². The van der Waals surface area contributed by atoms with Gasteiger partial charge in [-0.05, 0) is 48.4 Å². The summed E-state index contributed by atoms with van der Waals surface area (Å²) in [6, 6.07) is 13.2. The van der Waals surface area contributed by atoms with Gasteiger partial charge in [-0.25, -0.2) is 8.51 Å². The Labute approximate surface area is 160 Å². The van der Waals surface area contributed by atoms with Crippen LogP contribution in [0.25, 0.3) is 0 Å². The third-order valence-corrected chi connectivity index (χ3v) is 6.02. The number of anilines is 1. The molecule has 1 fully saturated rings. The smallest absolute Gasteiger partial charge is 0.307 e. The van der Waals surface area contributed by atoms with Gasteiger partial charge in [0.15, 0.2) is 0 Å². The summed E-state index contributed by atoms with van der Waals surface area (Å²) in [6.07, 6.45) is -0.0611. The molecular formula is C19H21ClN2O3S. The quantitative estimate of drug-likeness (QED) is 0.849. The first-order valence-electron chi connectivity index (χ1n) is 8.42. The third kappa shape index (κ3) is 4.63. The largest absolute Gasteiger partial charge is 0.481 e. The Bertz CT molecular complexity index is 835. The van der Waals surface area contributed by atoms with Crippen LogP contribution in [-0.4, -0.2) is 45.8 Å². The van der Waals surface area contributed by atoms with Crippen LogP contribution in [0.2, 0.25) is 5.02 Å². The number of hydrogen-bond acceptors (Lipinski definition) is 3. The zero-order valence-corrected chi connectivity index (χ0v) is 16.1. The van der Waals surface area contributed by atoms with Gasteiger partial charge in [0.1, 0.15) is 11.0 Å². The van der Waals surface area contributed by atoms with Crippen molar-refractivity contribution in [2.24, 2.45) is 0 Å². The Morgan fingerprint density at radius 1 is 1.15 bits per heavy atom. The number of hydrogen-bond donors (Lipinski definition) is 1. The average Bonchev–Trinajstić information content (AvgIpc) is 2.60. The van der Waals surface area contributed by atoms with E-state index in [1.165, 1.54) is 0 Å². The van der Waals surface area contributed by atoms with Gasteiger partial charge in [-0.15, -0.1) is 0 Å². The second-order valence-electron chi connectivity index (χ2n) is 6.37. The highest BCUT2D eigenvalue weighted by Gasteiger charge is 2.23. The van der Waals surface area contributed by atoms with Crippen LogP contribution >= 0.6 is 11.6 Å². The maximum atomic E-state index is 12.9. The summed E-state index contributed by atoms with van der Waals surface area (Å²) in [5, 5.41) is 9.70. The zero-order chi connectivity index (χ0) is 18.7. The molecule has 138 valence electrons. The molecule has 1 saturated heterocycles. The Kier molecular flexibility index (Phi) is 5.96. The van der Waals surface area contributed by atoms with Crippen LogP contribution in [0.4, 0.5) is 5.69 Å². The van der Waals surface area contributed by atoms with Crippen molar-refractivity contribution >= 4 is 34.2 Å². The normalized spacial score (nSPS) is 16.5. The maximum Gasteiger partial charge on any atom is 0.307 e. The molecule has 1 aliphatic rings. The fourth-order valence-corrected chi connectivity index (χ4v) is 4.65. The molecule has 3 rings (SSSR count). The van der Waals surface area contributed by atoms with E-state index in [0.29, 0.717) is 28.6 Å². The van der Waals surface area contributed by atoms with Crippen LogP contribution in [0.3, 0.4) is 0 Å². The van der Waals surface area contributed by atoms with Gasteiger partial charge in [0.25, 0.3) is 0 Å². The highest BCUT2D eigenvalue weighted by atomic mass is 35.5. The summed E-state index contributed by atoms with van der Waals surface area (Å²) in [5.41, 5.74) is 2.67. The number of halogens is 1. The standard InChI is InChI=1S/C19H21ClN2O3S/c1-14-9-15(12-19(23)24)11-18(10-14)26(25)22-7-5-21(6-8-22)17-4-2-3-16(20)13-17/h2-4,9-11,13H,5-8,12H2,1H3,(H,23,24). The van der Waals surface area contributed by atoms with E-state index >= 15 is 0 Å². The molecule has 7 heteroatoms. The number of nitrogens with zero attached hydrogens (tertiary/aromatic N) is 2. The van der Waals surface area contributed by atoms with Crippen LogP contribution in [0.5, 0.6) is 0 Å². The molecule has 1 aliphatic heterocycles. The summed E-state index contributed by atoms with van der Waals surface area (Å²) >= 11 is 6.06. The second kappa shape index (κ2) is 8.20. The molecule has 1 N–H and O–H groups in total. The summed E-state index contributed by atoms with van der Waals surface area (Å²) in [7, 11) is -1.29. The van der Waals surface area contributed by atoms with Gasteiger partial charge in [-0.1, -0.05) is 23.7 Å². The first-order chi connectivity index (χ1) is 12.4. The molecule has 2 aromatic rings. The van der Waals surface area contributed by atoms with Gasteiger partial charge in [0.05, 0.1) is 11.3 Å². The summed E-state index contributed by atoms with van der Waals surface area (Å²) in [5.74, 6) is -0.887. The lowest BCUT2D eigenvalue weighted by atomic mass is 10.1. The zero-order valence-electron chi connectivity index (χ0n) is 14.5. The third-order valence-electron chi connectivity index (χ3n) is 4.31. The fourth-order valence-electron chi connectivity index (χ4n) is 3.14. The van der Waals surface area contributed by atoms with E-state index in [-0.39, 0.29) is 6.42 Å². The van der Waals surface area contributed by atoms with Gasteiger partial charge in [0, 0.05) is 36.9 Å². The van der Waals surface area contributed by atoms with Gasteiger partial charge in [-0.2, -0.15) is 0 Å². The molecule has 0 radical (unpaired) electrons. The van der Waals surface area contributed by atoms with E-state index in [0.717, 1.165) is 24.3 Å². The van der Waals surface area contributed by atoms with Crippen LogP contribution in [-0.2, 0) is 22.2 Å². The van der Waals surface area contributed by atoms with Crippen LogP contribution in [0.1, 0.15) is 11.1 Å². The van der Waals surface area contributed by atoms with Gasteiger partial charge < -0.3 is 10.0 Å². The van der Waals surface area contributed by atoms with Crippen molar-refractivity contribution in [2.45, 2.75) is 18.2 Å². The van der Waals surface area contributed by atoms with E-state index in [2.05, 4.69) is 4.90 Å². The first-order valence-corrected chi connectivity index (χ1v) is 9.90. The monoisotopic (exact) mass is 392 g/mol. The van der Waals surface area contributed by atoms with E-state index in [1.807, 2.05) is 47.6 Å². The minimum Gasteiger partial charge on any atom is -0.481 e. The van der Waals surface area contributed by atoms with E-state index < -0.39 is 17.0 Å². The molecule has 1 atom stereocenters. The Morgan fingerprint density at radius 2 is 1.88 bits per heavy atom. The van der Waals surface area contributed by atoms with Crippen molar-refractivity contribution in [1.82, 2.24) is 4.31 Å². The highest BCUT2D eigenvalue weighted by molar-refractivity contribution is 7.82. The number of carbonyl (C=O) groups is 1. The lowest BCUT2D eigenvalue weighted by molar-refractivity contribution is -0.136. The molecular weight excluding hydrogens is 372 g/mol. The lowest BCUT2D eigenvalue weighted by Crippen LogP contribution is -2.47. The first kappa shape index (κ1) is 18.9. The van der Waals surface area contributed by atoms with Crippen molar-refractivity contribution in [1.29, 1.82) is 0 Å². The highest BCUT2D eigenvalue weighted by Crippen LogP contribution is 2.23. The molecule has 1 heterocycles. The summed E-state index contributed by atoms with van der Waals surface area (Å²) < 4.78 is 14.9. The molecule has 5 nitrogen and oxygen atoms in total. The van der Waals surface area contributed by atoms with Crippen molar-refractivity contribution < 1.29 is 14.1 Å². The molecule has 26 heavy (non-hydrogen) atoms. The number of carboxylic acids is 1. The predicted molar refractivity (Wildman–Crippen MR) is 104 cm³/mol. The second-order valence-corrected chi connectivity index (χ2v) is 8.29. The maximum absolute atomic E-state index is 12.9. The minimum atomic E-state index is -1.29. The van der Waals surface area contributed by atoms with Crippen molar-refractivity contribution in [2.75, 3.05) is 31.1 Å². The molecule has 2 aromatic carbocycles. The summed E-state index contributed by atoms with van der Waals surface area (Å²) in [6.45, 7) is 4.76. The molecule has 1 unspecified atom stereocenters. The molecule has 0 spiro atoms. The number of carboxylic acid groups (broad SMARTS) is 1. The fraction of sp³-hybridized carbons (Fsp3) is 0.316. The SMILES string of the molecule is Cc1cc(CC(=O)O)cc(S(=O)N2CCN(c3cccc(Cl)c3)CC2)c1. The molecule has 0 saturated carbocycles. The van der Waals surface area contributed by atoms with Crippen molar-refractivity contribution in [3.63, 3.8) is 0 Å². The number of benzene rings is 2. The lowest BCUT2D eigenvalue weighted by Gasteiger charge is -2.35. The number of aryl methyl sites for hydroxylation is 1. The Balaban J connectivity index is 1.68. The van der Waals surface area contributed by atoms with Crippen molar-refractivity contribution in [3.05, 3.63) is 58.6 Å². The van der Waals surface area contributed by atoms with E-state index in [9.17, 15) is 9.00 Å². The molecule has 0 bridgehead atoms. The number of rotatable bonds is 5. The molecule has 0 aromatic heterocycles. The topological polar surface area (TPSA) is 60.9 Å². The number of piperazine rings is 1. The van der Waals surface area contributed by atoms with Crippen LogP contribution in [0.15, 0.2) is 47.4 Å². The van der Waals surface area contributed by atoms with Crippen LogP contribution in [0, 0.1) is 6.92 Å². The van der Waals surface area contributed by atoms with E-state index in [1.54, 1.807) is 6.07 Å². The Hall–Kier alpha value is -1.89. The van der Waals surface area contributed by atoms with Gasteiger partial charge in [0.2, 0.25) is 0 Å². The van der Waals surface area contributed by atoms with E-state index in [4.69, 9.17) is 16.7 Å². The summed E-state index contributed by atoms with van der Waals surface area (Å²) in [4.78, 5) is 13.8. The molecule has 0 aliphatic carbocycles. The number of aliphatic carboxylic acids is 1. The average molecular weight is 393 g/mol. The minimum absolute atomic E-state index is 0.0611. The van der Waals surface area contributed by atoms with Crippen molar-refractivity contribution in [3.8, 4) is 0 Å².